The second kappa shape index (κ2) is 10.2. The average molecular weight is 505 g/mol. The van der Waals surface area contributed by atoms with Crippen LogP contribution in [-0.2, 0) is 9.59 Å². The highest BCUT2D eigenvalue weighted by molar-refractivity contribution is 8.18. The number of anilines is 1. The van der Waals surface area contributed by atoms with E-state index >= 15 is 0 Å². The van der Waals surface area contributed by atoms with Crippen LogP contribution in [-0.4, -0.2) is 39.6 Å². The number of carbonyl (C=O) groups is 4. The number of nitrogens with zero attached hydrogens (tertiary/aromatic N) is 1. The third kappa shape index (κ3) is 5.41. The van der Waals surface area contributed by atoms with Gasteiger partial charge < -0.3 is 14.8 Å². The van der Waals surface area contributed by atoms with Crippen molar-refractivity contribution in [3.8, 4) is 11.3 Å². The summed E-state index contributed by atoms with van der Waals surface area (Å²) >= 11 is 0.725. The number of nitrogens with one attached hydrogen (secondary N) is 1. The van der Waals surface area contributed by atoms with Crippen LogP contribution in [0.5, 0.6) is 0 Å². The van der Waals surface area contributed by atoms with Crippen molar-refractivity contribution < 1.29 is 28.7 Å². The number of rotatable bonds is 7. The standard InChI is InChI=1S/C27H24N2O6S/c1-15(2)17-6-8-19(9-7-17)28-24(30)14-29-25(31)23(36-27(29)34)13-20-10-11-22(35-20)21-12-18(26(32)33)5-4-16(21)3/h4-13,15H,14H2,1-3H3,(H,28,30)(H,32,33)/b23-13-. The van der Waals surface area contributed by atoms with Gasteiger partial charge in [-0.3, -0.25) is 19.3 Å². The molecule has 0 radical (unpaired) electrons. The number of thioether (sulfide) groups is 1. The maximum atomic E-state index is 12.8. The lowest BCUT2D eigenvalue weighted by Gasteiger charge is -2.13. The molecule has 1 aliphatic heterocycles. The maximum Gasteiger partial charge on any atom is 0.335 e. The van der Waals surface area contributed by atoms with Gasteiger partial charge in [0.25, 0.3) is 11.1 Å². The number of carbonyl (C=O) groups excluding carboxylic acids is 3. The van der Waals surface area contributed by atoms with Crippen molar-refractivity contribution in [2.24, 2.45) is 0 Å². The van der Waals surface area contributed by atoms with E-state index in [1.54, 1.807) is 30.3 Å². The Morgan fingerprint density at radius 3 is 2.47 bits per heavy atom. The van der Waals surface area contributed by atoms with Crippen LogP contribution in [0.2, 0.25) is 0 Å². The minimum Gasteiger partial charge on any atom is -0.478 e. The molecule has 3 aromatic rings. The Kier molecular flexibility index (Phi) is 7.12. The van der Waals surface area contributed by atoms with Crippen molar-refractivity contribution in [2.45, 2.75) is 26.7 Å². The molecule has 2 aromatic carbocycles. The van der Waals surface area contributed by atoms with Crippen LogP contribution in [0.3, 0.4) is 0 Å². The lowest BCUT2D eigenvalue weighted by molar-refractivity contribution is -0.127. The minimum absolute atomic E-state index is 0.129. The Morgan fingerprint density at radius 2 is 1.81 bits per heavy atom. The first-order valence-electron chi connectivity index (χ1n) is 11.2. The lowest BCUT2D eigenvalue weighted by Crippen LogP contribution is -2.36. The molecule has 9 heteroatoms. The molecule has 0 spiro atoms. The fourth-order valence-corrected chi connectivity index (χ4v) is 4.47. The molecule has 1 aromatic heterocycles. The highest BCUT2D eigenvalue weighted by atomic mass is 32.2. The first-order valence-corrected chi connectivity index (χ1v) is 12.0. The Morgan fingerprint density at radius 1 is 1.08 bits per heavy atom. The van der Waals surface area contributed by atoms with E-state index in [1.165, 1.54) is 18.2 Å². The van der Waals surface area contributed by atoms with E-state index in [0.717, 1.165) is 27.8 Å². The van der Waals surface area contributed by atoms with Crippen LogP contribution in [0.4, 0.5) is 10.5 Å². The summed E-state index contributed by atoms with van der Waals surface area (Å²) in [7, 11) is 0. The van der Waals surface area contributed by atoms with Gasteiger partial charge >= 0.3 is 5.97 Å². The SMILES string of the molecule is Cc1ccc(C(=O)O)cc1-c1ccc(/C=C2\SC(=O)N(CC(=O)Nc3ccc(C(C)C)cc3)C2=O)o1. The van der Waals surface area contributed by atoms with Gasteiger partial charge in [0, 0.05) is 17.3 Å². The van der Waals surface area contributed by atoms with Crippen LogP contribution in [0, 0.1) is 6.92 Å². The van der Waals surface area contributed by atoms with Crippen molar-refractivity contribution >= 4 is 46.5 Å². The molecule has 1 aliphatic rings. The summed E-state index contributed by atoms with van der Waals surface area (Å²) < 4.78 is 5.81. The normalized spacial score (nSPS) is 14.7. The molecular formula is C27H24N2O6S. The van der Waals surface area contributed by atoms with E-state index in [2.05, 4.69) is 19.2 Å². The topological polar surface area (TPSA) is 117 Å². The fraction of sp³-hybridized carbons (Fsp3) is 0.185. The largest absolute Gasteiger partial charge is 0.478 e. The second-order valence-corrected chi connectivity index (χ2v) is 9.62. The van der Waals surface area contributed by atoms with E-state index in [-0.39, 0.29) is 10.5 Å². The number of carboxylic acid groups (broad SMARTS) is 1. The van der Waals surface area contributed by atoms with Crippen LogP contribution in [0.25, 0.3) is 17.4 Å². The van der Waals surface area contributed by atoms with Gasteiger partial charge in [-0.1, -0.05) is 32.0 Å². The Hall–Kier alpha value is -4.11. The van der Waals surface area contributed by atoms with Gasteiger partial charge in [0.15, 0.2) is 0 Å². The Balaban J connectivity index is 1.45. The predicted molar refractivity (Wildman–Crippen MR) is 138 cm³/mol. The third-order valence-corrected chi connectivity index (χ3v) is 6.59. The number of carboxylic acids is 1. The summed E-state index contributed by atoms with van der Waals surface area (Å²) in [5.74, 6) is -0.995. The molecule has 36 heavy (non-hydrogen) atoms. The van der Waals surface area contributed by atoms with Crippen molar-refractivity contribution in [1.29, 1.82) is 0 Å². The molecule has 3 amide bonds. The average Bonchev–Trinajstić information content (AvgIpc) is 3.39. The Bertz CT molecular complexity index is 1390. The number of furan rings is 1. The number of benzene rings is 2. The molecule has 0 atom stereocenters. The van der Waals surface area contributed by atoms with Crippen LogP contribution in [0.15, 0.2) is 63.9 Å². The number of hydrogen-bond acceptors (Lipinski definition) is 6. The molecule has 0 bridgehead atoms. The monoisotopic (exact) mass is 504 g/mol. The van der Waals surface area contributed by atoms with Crippen LogP contribution in [0.1, 0.15) is 47.0 Å². The van der Waals surface area contributed by atoms with E-state index in [4.69, 9.17) is 4.42 Å². The zero-order chi connectivity index (χ0) is 26.0. The van der Waals surface area contributed by atoms with Gasteiger partial charge in [-0.25, -0.2) is 4.79 Å². The van der Waals surface area contributed by atoms with Gasteiger partial charge in [0.2, 0.25) is 5.91 Å². The van der Waals surface area contributed by atoms with Crippen molar-refractivity contribution in [1.82, 2.24) is 4.90 Å². The summed E-state index contributed by atoms with van der Waals surface area (Å²) in [6, 6.07) is 15.4. The highest BCUT2D eigenvalue weighted by Gasteiger charge is 2.36. The van der Waals surface area contributed by atoms with E-state index < -0.39 is 29.6 Å². The molecule has 1 fully saturated rings. The summed E-state index contributed by atoms with van der Waals surface area (Å²) in [5, 5.41) is 11.4. The van der Waals surface area contributed by atoms with Gasteiger partial charge in [0.1, 0.15) is 18.1 Å². The molecule has 8 nitrogen and oxygen atoms in total. The molecule has 1 saturated heterocycles. The molecule has 184 valence electrons. The number of imide groups is 1. The van der Waals surface area contributed by atoms with E-state index in [0.29, 0.717) is 28.7 Å². The summed E-state index contributed by atoms with van der Waals surface area (Å²) in [6.45, 7) is 5.57. The zero-order valence-corrected chi connectivity index (χ0v) is 20.7. The van der Waals surface area contributed by atoms with Crippen molar-refractivity contribution in [3.63, 3.8) is 0 Å². The number of hydrogen-bond donors (Lipinski definition) is 2. The van der Waals surface area contributed by atoms with Gasteiger partial charge in [0.05, 0.1) is 10.5 Å². The summed E-state index contributed by atoms with van der Waals surface area (Å²) in [5.41, 5.74) is 3.28. The van der Waals surface area contributed by atoms with Gasteiger partial charge in [-0.15, -0.1) is 0 Å². The molecular weight excluding hydrogens is 480 g/mol. The third-order valence-electron chi connectivity index (χ3n) is 5.69. The smallest absolute Gasteiger partial charge is 0.335 e. The number of aromatic carboxylic acids is 1. The second-order valence-electron chi connectivity index (χ2n) is 8.63. The minimum atomic E-state index is -1.05. The van der Waals surface area contributed by atoms with E-state index in [9.17, 15) is 24.3 Å². The molecule has 0 saturated carbocycles. The molecule has 0 aliphatic carbocycles. The Labute approximate surface area is 212 Å². The molecule has 4 rings (SSSR count). The summed E-state index contributed by atoms with van der Waals surface area (Å²) in [4.78, 5) is 50.0. The van der Waals surface area contributed by atoms with E-state index in [1.807, 2.05) is 19.1 Å². The van der Waals surface area contributed by atoms with Gasteiger partial charge in [-0.2, -0.15) is 0 Å². The number of aryl methyl sites for hydroxylation is 1. The van der Waals surface area contributed by atoms with Crippen LogP contribution < -0.4 is 5.32 Å². The molecule has 0 unspecified atom stereocenters. The molecule has 2 N–H and O–H groups in total. The van der Waals surface area contributed by atoms with Crippen molar-refractivity contribution in [3.05, 3.63) is 82.0 Å². The van der Waals surface area contributed by atoms with Crippen molar-refractivity contribution in [2.75, 3.05) is 11.9 Å². The zero-order valence-electron chi connectivity index (χ0n) is 19.9. The predicted octanol–water partition coefficient (Wildman–Crippen LogP) is 5.75. The fourth-order valence-electron chi connectivity index (χ4n) is 3.66. The number of amides is 3. The first-order chi connectivity index (χ1) is 17.1. The summed E-state index contributed by atoms with van der Waals surface area (Å²) in [6.07, 6.45) is 1.44. The quantitative estimate of drug-likeness (QED) is 0.393. The lowest BCUT2D eigenvalue weighted by atomic mass is 10.0. The highest BCUT2D eigenvalue weighted by Crippen LogP contribution is 2.34. The van der Waals surface area contributed by atoms with Gasteiger partial charge in [-0.05, 0) is 72.1 Å². The molecule has 2 heterocycles. The maximum absolute atomic E-state index is 12.8. The first kappa shape index (κ1) is 25.0. The van der Waals surface area contributed by atoms with Crippen LogP contribution >= 0.6 is 11.8 Å².